The number of benzene rings is 1. The Morgan fingerprint density at radius 2 is 1.77 bits per heavy atom. The van der Waals surface area contributed by atoms with Gasteiger partial charge in [0.15, 0.2) is 6.61 Å². The Kier molecular flexibility index (Phi) is 15.9. The standard InChI is InChI=1S/C41H60N2O9S/c1-2-3-6-13-28(17-18-29-32-21-26-12-11-16-35(51-25-38(46)47)33(26)22-27(32)23-34(29)44)52-41(50)31-15-8-7-14-30(31)39(48)42-19-9-4-5-10-20-53-36-24-37(45)43-40(36)49/h11-12,16,27-32,34,36,44H,2-10,13-15,17-25H2,1H3,(H,42,48)(H,46,47)(H,43,45,49)/t27-,28-,29+,30?,31?,32-,34+,36?/m0/s1. The predicted octanol–water partition coefficient (Wildman–Crippen LogP) is 5.77. The molecule has 1 aliphatic heterocycles. The van der Waals surface area contributed by atoms with Crippen LogP contribution in [0, 0.1) is 29.6 Å². The van der Waals surface area contributed by atoms with Gasteiger partial charge < -0.3 is 25.0 Å². The van der Waals surface area contributed by atoms with Crippen LogP contribution in [0.15, 0.2) is 18.2 Å². The molecule has 12 heteroatoms. The number of carboxylic acids is 1. The number of ether oxygens (including phenoxy) is 2. The summed E-state index contributed by atoms with van der Waals surface area (Å²) in [6.45, 7) is 2.34. The van der Waals surface area contributed by atoms with E-state index in [1.54, 1.807) is 0 Å². The third-order valence-electron chi connectivity index (χ3n) is 12.0. The van der Waals surface area contributed by atoms with E-state index >= 15 is 0 Å². The summed E-state index contributed by atoms with van der Waals surface area (Å²) in [6.07, 6.45) is 14.1. The lowest BCUT2D eigenvalue weighted by molar-refractivity contribution is -0.160. The van der Waals surface area contributed by atoms with Crippen LogP contribution in [0.1, 0.15) is 121 Å². The number of imide groups is 1. The Hall–Kier alpha value is -3.12. The van der Waals surface area contributed by atoms with Gasteiger partial charge in [-0.1, -0.05) is 57.6 Å². The second kappa shape index (κ2) is 20.5. The van der Waals surface area contributed by atoms with Gasteiger partial charge in [-0.25, -0.2) is 4.79 Å². The van der Waals surface area contributed by atoms with E-state index in [9.17, 15) is 29.1 Å². The summed E-state index contributed by atoms with van der Waals surface area (Å²) in [5, 5.41) is 25.6. The fraction of sp³-hybridized carbons (Fsp3) is 0.732. The highest BCUT2D eigenvalue weighted by Gasteiger charge is 2.45. The summed E-state index contributed by atoms with van der Waals surface area (Å²) in [4.78, 5) is 61.3. The number of esters is 1. The quantitative estimate of drug-likeness (QED) is 0.0687. The van der Waals surface area contributed by atoms with Gasteiger partial charge in [-0.15, -0.1) is 11.8 Å². The average Bonchev–Trinajstić information content (AvgIpc) is 3.63. The number of hydrogen-bond donors (Lipinski definition) is 4. The molecule has 4 aliphatic rings. The summed E-state index contributed by atoms with van der Waals surface area (Å²) >= 11 is 1.53. The molecule has 3 unspecified atom stereocenters. The Bertz CT molecular complexity index is 1420. The minimum Gasteiger partial charge on any atom is -0.482 e. The van der Waals surface area contributed by atoms with E-state index in [-0.39, 0.29) is 65.8 Å². The monoisotopic (exact) mass is 756 g/mol. The lowest BCUT2D eigenvalue weighted by Crippen LogP contribution is -2.41. The second-order valence-electron chi connectivity index (χ2n) is 15.7. The highest BCUT2D eigenvalue weighted by molar-refractivity contribution is 8.00. The molecule has 294 valence electrons. The molecule has 8 atom stereocenters. The molecule has 0 radical (unpaired) electrons. The first-order valence-corrected chi connectivity index (χ1v) is 21.3. The summed E-state index contributed by atoms with van der Waals surface area (Å²) in [6, 6.07) is 5.82. The number of rotatable bonds is 21. The number of carboxylic acid groups (broad SMARTS) is 1. The Balaban J connectivity index is 1.09. The third kappa shape index (κ3) is 11.7. The van der Waals surface area contributed by atoms with Crippen LogP contribution in [0.5, 0.6) is 5.75 Å². The number of aliphatic hydroxyl groups excluding tert-OH is 1. The SMILES string of the molecule is CCCCC[C@@H](CC[C@@H]1[C@H]2Cc3cccc(OCC(=O)O)c3C[C@H]2C[C@H]1O)OC(=O)C1CCCCC1C(=O)NCCCCCCSC1CC(=O)NC1=O. The van der Waals surface area contributed by atoms with Crippen LogP contribution in [0.4, 0.5) is 0 Å². The fourth-order valence-corrected chi connectivity index (χ4v) is 10.3. The molecule has 1 aromatic rings. The van der Waals surface area contributed by atoms with Gasteiger partial charge in [0.25, 0.3) is 0 Å². The minimum absolute atomic E-state index is 0.0594. The number of carbonyl (C=O) groups excluding carboxylic acids is 4. The number of unbranched alkanes of at least 4 members (excludes halogenated alkanes) is 5. The van der Waals surface area contributed by atoms with Gasteiger partial charge in [0.05, 0.1) is 23.2 Å². The van der Waals surface area contributed by atoms with Crippen molar-refractivity contribution < 1.29 is 43.7 Å². The van der Waals surface area contributed by atoms with Crippen molar-refractivity contribution in [1.29, 1.82) is 0 Å². The molecule has 0 bridgehead atoms. The topological polar surface area (TPSA) is 168 Å². The number of hydrogen-bond acceptors (Lipinski definition) is 9. The van der Waals surface area contributed by atoms with Gasteiger partial charge in [0.2, 0.25) is 17.7 Å². The van der Waals surface area contributed by atoms with E-state index in [0.29, 0.717) is 43.9 Å². The smallest absolute Gasteiger partial charge is 0.341 e. The molecule has 3 fully saturated rings. The molecule has 1 heterocycles. The van der Waals surface area contributed by atoms with E-state index in [1.165, 1.54) is 11.8 Å². The van der Waals surface area contributed by atoms with E-state index in [1.807, 2.05) is 12.1 Å². The van der Waals surface area contributed by atoms with Gasteiger partial charge in [-0.3, -0.25) is 24.5 Å². The van der Waals surface area contributed by atoms with Crippen molar-refractivity contribution in [3.05, 3.63) is 29.3 Å². The van der Waals surface area contributed by atoms with Crippen molar-refractivity contribution in [1.82, 2.24) is 10.6 Å². The summed E-state index contributed by atoms with van der Waals surface area (Å²) in [7, 11) is 0. The molecule has 0 spiro atoms. The largest absolute Gasteiger partial charge is 0.482 e. The molecule has 3 aliphatic carbocycles. The number of amides is 3. The number of carbonyl (C=O) groups is 5. The number of fused-ring (bicyclic) bond motifs is 2. The van der Waals surface area contributed by atoms with Crippen molar-refractivity contribution in [3.8, 4) is 5.75 Å². The van der Waals surface area contributed by atoms with Crippen LogP contribution in [0.2, 0.25) is 0 Å². The first kappa shape index (κ1) is 41.1. The van der Waals surface area contributed by atoms with E-state index in [0.717, 1.165) is 100 Å². The number of thioether (sulfide) groups is 1. The number of nitrogens with one attached hydrogen (secondary N) is 2. The highest BCUT2D eigenvalue weighted by atomic mass is 32.2. The zero-order valence-corrected chi connectivity index (χ0v) is 32.2. The maximum Gasteiger partial charge on any atom is 0.341 e. The van der Waals surface area contributed by atoms with Crippen molar-refractivity contribution in [2.45, 2.75) is 140 Å². The van der Waals surface area contributed by atoms with Crippen LogP contribution in [0.25, 0.3) is 0 Å². The van der Waals surface area contributed by atoms with E-state index in [2.05, 4.69) is 23.6 Å². The van der Waals surface area contributed by atoms with E-state index in [4.69, 9.17) is 14.6 Å². The van der Waals surface area contributed by atoms with Crippen LogP contribution in [-0.4, -0.2) is 76.2 Å². The van der Waals surface area contributed by atoms with E-state index < -0.39 is 18.0 Å². The maximum absolute atomic E-state index is 13.8. The molecular formula is C41H60N2O9S. The summed E-state index contributed by atoms with van der Waals surface area (Å²) in [5.41, 5.74) is 2.22. The van der Waals surface area contributed by atoms with Gasteiger partial charge in [0, 0.05) is 13.0 Å². The molecule has 1 aromatic carbocycles. The van der Waals surface area contributed by atoms with Gasteiger partial charge in [0.1, 0.15) is 11.9 Å². The number of aliphatic hydroxyl groups is 1. The molecular weight excluding hydrogens is 697 g/mol. The molecule has 2 saturated carbocycles. The lowest BCUT2D eigenvalue weighted by Gasteiger charge is -2.33. The van der Waals surface area contributed by atoms with Crippen LogP contribution in [0.3, 0.4) is 0 Å². The van der Waals surface area contributed by atoms with Gasteiger partial charge in [-0.05, 0) is 111 Å². The molecule has 5 rings (SSSR count). The molecule has 11 nitrogen and oxygen atoms in total. The maximum atomic E-state index is 13.8. The van der Waals surface area contributed by atoms with Gasteiger partial charge in [-0.2, -0.15) is 0 Å². The minimum atomic E-state index is -1.01. The highest BCUT2D eigenvalue weighted by Crippen LogP contribution is 2.48. The third-order valence-corrected chi connectivity index (χ3v) is 13.3. The second-order valence-corrected chi connectivity index (χ2v) is 17.0. The normalized spacial score (nSPS) is 27.0. The molecule has 53 heavy (non-hydrogen) atoms. The van der Waals surface area contributed by atoms with Crippen LogP contribution in [-0.2, 0) is 41.6 Å². The van der Waals surface area contributed by atoms with Gasteiger partial charge >= 0.3 is 11.9 Å². The van der Waals surface area contributed by atoms with Crippen molar-refractivity contribution in [3.63, 3.8) is 0 Å². The van der Waals surface area contributed by atoms with Crippen LogP contribution < -0.4 is 15.4 Å². The van der Waals surface area contributed by atoms with Crippen molar-refractivity contribution in [2.75, 3.05) is 18.9 Å². The lowest BCUT2D eigenvalue weighted by atomic mass is 9.73. The first-order valence-electron chi connectivity index (χ1n) is 20.2. The van der Waals surface area contributed by atoms with Crippen molar-refractivity contribution in [2.24, 2.45) is 29.6 Å². The average molecular weight is 757 g/mol. The summed E-state index contributed by atoms with van der Waals surface area (Å²) < 4.78 is 11.9. The zero-order chi connectivity index (χ0) is 37.7. The zero-order valence-electron chi connectivity index (χ0n) is 31.4. The first-order chi connectivity index (χ1) is 25.6. The molecule has 4 N–H and O–H groups in total. The molecule has 1 saturated heterocycles. The predicted molar refractivity (Wildman–Crippen MR) is 202 cm³/mol. The fourth-order valence-electron chi connectivity index (χ4n) is 9.13. The number of aliphatic carboxylic acids is 1. The van der Waals surface area contributed by atoms with Crippen molar-refractivity contribution >= 4 is 41.4 Å². The molecule has 3 amide bonds. The Morgan fingerprint density at radius 3 is 2.53 bits per heavy atom. The molecule has 0 aromatic heterocycles. The van der Waals surface area contributed by atoms with Crippen LogP contribution >= 0.6 is 11.8 Å². The Morgan fingerprint density at radius 1 is 0.981 bits per heavy atom. The Labute approximate surface area is 318 Å². The summed E-state index contributed by atoms with van der Waals surface area (Å²) in [5.74, 6) is -0.390.